The highest BCUT2D eigenvalue weighted by Gasteiger charge is 2.38. The van der Waals surface area contributed by atoms with Crippen molar-refractivity contribution in [1.29, 1.82) is 0 Å². The summed E-state index contributed by atoms with van der Waals surface area (Å²) in [6.07, 6.45) is 0. The second-order valence-electron chi connectivity index (χ2n) is 3.13. The van der Waals surface area contributed by atoms with Crippen molar-refractivity contribution in [2.45, 2.75) is 5.79 Å². The van der Waals surface area contributed by atoms with Crippen LogP contribution in [-0.4, -0.2) is 19.8 Å². The summed E-state index contributed by atoms with van der Waals surface area (Å²) >= 11 is 3.47. The van der Waals surface area contributed by atoms with Gasteiger partial charge < -0.3 is 15.2 Å². The smallest absolute Gasteiger partial charge is 0.208 e. The lowest BCUT2D eigenvalue weighted by atomic mass is 10.1. The van der Waals surface area contributed by atoms with Gasteiger partial charge in [0.05, 0.1) is 19.8 Å². The molecule has 1 aliphatic heterocycles. The number of benzene rings is 1. The zero-order valence-electron chi connectivity index (χ0n) is 7.70. The summed E-state index contributed by atoms with van der Waals surface area (Å²) in [4.78, 5) is 0. The Labute approximate surface area is 91.3 Å². The average Bonchev–Trinajstić information content (AvgIpc) is 2.68. The van der Waals surface area contributed by atoms with Crippen molar-refractivity contribution in [3.63, 3.8) is 0 Å². The van der Waals surface area contributed by atoms with Gasteiger partial charge >= 0.3 is 0 Å². The average molecular weight is 258 g/mol. The van der Waals surface area contributed by atoms with Crippen molar-refractivity contribution in [2.75, 3.05) is 19.8 Å². The highest BCUT2D eigenvalue weighted by Crippen LogP contribution is 2.34. The van der Waals surface area contributed by atoms with Crippen LogP contribution in [0, 0.1) is 0 Å². The minimum Gasteiger partial charge on any atom is -0.342 e. The molecule has 2 rings (SSSR count). The highest BCUT2D eigenvalue weighted by molar-refractivity contribution is 9.10. The molecule has 0 bridgehead atoms. The van der Waals surface area contributed by atoms with Crippen LogP contribution in [0.25, 0.3) is 0 Å². The summed E-state index contributed by atoms with van der Waals surface area (Å²) in [5, 5.41) is 0. The lowest BCUT2D eigenvalue weighted by Gasteiger charge is -2.26. The van der Waals surface area contributed by atoms with Gasteiger partial charge in [-0.15, -0.1) is 0 Å². The van der Waals surface area contributed by atoms with Crippen molar-refractivity contribution in [3.05, 3.63) is 34.3 Å². The molecule has 76 valence electrons. The first-order chi connectivity index (χ1) is 6.78. The number of nitrogens with two attached hydrogens (primary N) is 1. The molecule has 0 unspecified atom stereocenters. The second kappa shape index (κ2) is 3.98. The minimum absolute atomic E-state index is 0.329. The van der Waals surface area contributed by atoms with Gasteiger partial charge in [0.2, 0.25) is 5.79 Å². The van der Waals surface area contributed by atoms with Crippen LogP contribution >= 0.6 is 15.9 Å². The molecule has 2 N–H and O–H groups in total. The van der Waals surface area contributed by atoms with Crippen molar-refractivity contribution in [1.82, 2.24) is 0 Å². The molecule has 1 aromatic rings. The topological polar surface area (TPSA) is 44.5 Å². The first-order valence-electron chi connectivity index (χ1n) is 4.51. The number of hydrogen-bond acceptors (Lipinski definition) is 3. The highest BCUT2D eigenvalue weighted by atomic mass is 79.9. The Morgan fingerprint density at radius 2 is 1.93 bits per heavy atom. The van der Waals surface area contributed by atoms with E-state index in [1.165, 1.54) is 0 Å². The zero-order valence-corrected chi connectivity index (χ0v) is 9.29. The maximum atomic E-state index is 5.70. The molecule has 0 radical (unpaired) electrons. The molecule has 0 spiro atoms. The first kappa shape index (κ1) is 10.1. The standard InChI is InChI=1S/C10H12BrNO2/c11-9-4-2-1-3-8(9)10(7-12)13-5-6-14-10/h1-4H,5-7,12H2. The van der Waals surface area contributed by atoms with Crippen molar-refractivity contribution in [2.24, 2.45) is 5.73 Å². The molecule has 3 nitrogen and oxygen atoms in total. The maximum Gasteiger partial charge on any atom is 0.208 e. The van der Waals surface area contributed by atoms with E-state index in [0.717, 1.165) is 10.0 Å². The van der Waals surface area contributed by atoms with Gasteiger partial charge in [0.1, 0.15) is 0 Å². The first-order valence-corrected chi connectivity index (χ1v) is 5.31. The molecule has 0 aliphatic carbocycles. The summed E-state index contributed by atoms with van der Waals surface area (Å²) < 4.78 is 12.1. The Hall–Kier alpha value is -0.420. The molecule has 4 heteroatoms. The minimum atomic E-state index is -0.750. The third-order valence-electron chi connectivity index (χ3n) is 2.31. The summed E-state index contributed by atoms with van der Waals surface area (Å²) in [5.74, 6) is -0.750. The van der Waals surface area contributed by atoms with Gasteiger partial charge in [-0.2, -0.15) is 0 Å². The number of hydrogen-bond donors (Lipinski definition) is 1. The van der Waals surface area contributed by atoms with Crippen LogP contribution in [0.15, 0.2) is 28.7 Å². The van der Waals surface area contributed by atoms with Crippen LogP contribution in [0.4, 0.5) is 0 Å². The van der Waals surface area contributed by atoms with Crippen LogP contribution in [0.2, 0.25) is 0 Å². The fourth-order valence-corrected chi connectivity index (χ4v) is 2.19. The van der Waals surface area contributed by atoms with Crippen LogP contribution in [0.1, 0.15) is 5.56 Å². The van der Waals surface area contributed by atoms with E-state index in [9.17, 15) is 0 Å². The van der Waals surface area contributed by atoms with Crippen molar-refractivity contribution < 1.29 is 9.47 Å². The quantitative estimate of drug-likeness (QED) is 0.876. The molecule has 0 aromatic heterocycles. The van der Waals surface area contributed by atoms with Crippen LogP contribution in [0.5, 0.6) is 0 Å². The van der Waals surface area contributed by atoms with Crippen LogP contribution < -0.4 is 5.73 Å². The summed E-state index contributed by atoms with van der Waals surface area (Å²) in [5.41, 5.74) is 6.66. The predicted octanol–water partition coefficient (Wildman–Crippen LogP) is 1.61. The molecular formula is C10H12BrNO2. The van der Waals surface area contributed by atoms with E-state index < -0.39 is 5.79 Å². The van der Waals surface area contributed by atoms with E-state index in [2.05, 4.69) is 15.9 Å². The summed E-state index contributed by atoms with van der Waals surface area (Å²) in [6.45, 7) is 1.52. The molecule has 1 heterocycles. The monoisotopic (exact) mass is 257 g/mol. The lowest BCUT2D eigenvalue weighted by molar-refractivity contribution is -0.157. The Balaban J connectivity index is 2.41. The predicted molar refractivity (Wildman–Crippen MR) is 56.8 cm³/mol. The molecule has 1 aromatic carbocycles. The van der Waals surface area contributed by atoms with Crippen LogP contribution in [-0.2, 0) is 15.3 Å². The number of rotatable bonds is 2. The van der Waals surface area contributed by atoms with E-state index >= 15 is 0 Å². The number of halogens is 1. The van der Waals surface area contributed by atoms with E-state index in [1.54, 1.807) is 0 Å². The Morgan fingerprint density at radius 1 is 1.29 bits per heavy atom. The fraction of sp³-hybridized carbons (Fsp3) is 0.400. The van der Waals surface area contributed by atoms with Crippen molar-refractivity contribution in [3.8, 4) is 0 Å². The normalized spacial score (nSPS) is 19.9. The van der Waals surface area contributed by atoms with Gasteiger partial charge in [-0.25, -0.2) is 0 Å². The molecule has 0 amide bonds. The van der Waals surface area contributed by atoms with Gasteiger partial charge in [0.15, 0.2) is 0 Å². The van der Waals surface area contributed by atoms with Gasteiger partial charge in [0.25, 0.3) is 0 Å². The fourth-order valence-electron chi connectivity index (χ4n) is 1.61. The maximum absolute atomic E-state index is 5.70. The molecule has 14 heavy (non-hydrogen) atoms. The van der Waals surface area contributed by atoms with Crippen molar-refractivity contribution >= 4 is 15.9 Å². The molecule has 1 saturated heterocycles. The van der Waals surface area contributed by atoms with E-state index in [1.807, 2.05) is 24.3 Å². The molecule has 1 fully saturated rings. The lowest BCUT2D eigenvalue weighted by Crippen LogP contribution is -2.36. The number of ether oxygens (including phenoxy) is 2. The van der Waals surface area contributed by atoms with Gasteiger partial charge in [0, 0.05) is 10.0 Å². The summed E-state index contributed by atoms with van der Waals surface area (Å²) in [6, 6.07) is 7.81. The van der Waals surface area contributed by atoms with Gasteiger partial charge in [-0.1, -0.05) is 34.1 Å². The summed E-state index contributed by atoms with van der Waals surface area (Å²) in [7, 11) is 0. The zero-order chi connectivity index (χ0) is 10.0. The molecular weight excluding hydrogens is 246 g/mol. The largest absolute Gasteiger partial charge is 0.342 e. The second-order valence-corrected chi connectivity index (χ2v) is 3.99. The Kier molecular flexibility index (Phi) is 2.88. The van der Waals surface area contributed by atoms with Gasteiger partial charge in [-0.05, 0) is 6.07 Å². The third-order valence-corrected chi connectivity index (χ3v) is 3.00. The third kappa shape index (κ3) is 1.59. The SMILES string of the molecule is NCC1(c2ccccc2Br)OCCO1. The Morgan fingerprint density at radius 3 is 2.50 bits per heavy atom. The van der Waals surface area contributed by atoms with Gasteiger partial charge in [-0.3, -0.25) is 0 Å². The molecule has 1 aliphatic rings. The molecule has 0 atom stereocenters. The molecule has 0 saturated carbocycles. The Bertz CT molecular complexity index is 324. The van der Waals surface area contributed by atoms with E-state index in [4.69, 9.17) is 15.2 Å². The van der Waals surface area contributed by atoms with E-state index in [0.29, 0.717) is 19.8 Å². The van der Waals surface area contributed by atoms with Crippen LogP contribution in [0.3, 0.4) is 0 Å². The van der Waals surface area contributed by atoms with E-state index in [-0.39, 0.29) is 0 Å².